The normalized spacial score (nSPS) is 24.5. The van der Waals surface area contributed by atoms with Gasteiger partial charge in [0.15, 0.2) is 0 Å². The number of hydrogen-bond acceptors (Lipinski definition) is 4. The van der Waals surface area contributed by atoms with Gasteiger partial charge in [-0.25, -0.2) is 0 Å². The minimum absolute atomic E-state index is 0.252. The molecule has 0 fully saturated rings. The zero-order valence-corrected chi connectivity index (χ0v) is 14.1. The van der Waals surface area contributed by atoms with Crippen LogP contribution in [-0.4, -0.2) is 37.3 Å². The molecule has 1 aromatic carbocycles. The number of thioether (sulfide) groups is 1. The maximum absolute atomic E-state index is 4.63. The molecule has 1 N–H and O–H groups in total. The Morgan fingerprint density at radius 3 is 3.00 bits per heavy atom. The van der Waals surface area contributed by atoms with E-state index in [0.717, 1.165) is 26.1 Å². The molecule has 114 valence electrons. The topological polar surface area (TPSA) is 27.6 Å². The quantitative estimate of drug-likeness (QED) is 0.923. The maximum Gasteiger partial charge on any atom is 0.0979 e. The number of rotatable bonds is 4. The summed E-state index contributed by atoms with van der Waals surface area (Å²) in [5.74, 6) is 1.21. The molecule has 1 unspecified atom stereocenters. The summed E-state index contributed by atoms with van der Waals surface area (Å²) in [6.07, 6.45) is 3.51. The highest BCUT2D eigenvalue weighted by Gasteiger charge is 2.38. The van der Waals surface area contributed by atoms with Crippen LogP contribution < -0.4 is 10.2 Å². The molecule has 2 aliphatic rings. The molecule has 1 atom stereocenters. The molecule has 0 aliphatic carbocycles. The zero-order valence-electron chi connectivity index (χ0n) is 13.3. The van der Waals surface area contributed by atoms with E-state index in [1.54, 1.807) is 0 Å². The van der Waals surface area contributed by atoms with E-state index in [4.69, 9.17) is 0 Å². The van der Waals surface area contributed by atoms with Gasteiger partial charge in [0, 0.05) is 36.2 Å². The number of nitrogens with one attached hydrogen (secondary N) is 1. The van der Waals surface area contributed by atoms with Crippen LogP contribution in [0.4, 0.5) is 5.69 Å². The van der Waals surface area contributed by atoms with Crippen LogP contribution in [0.1, 0.15) is 31.7 Å². The summed E-state index contributed by atoms with van der Waals surface area (Å²) in [5.41, 5.74) is 2.72. The SMILES string of the molecule is CCCC1(CC2=NCCN2)CN(C)c2cc(C)ccc2S1. The zero-order chi connectivity index (χ0) is 14.9. The van der Waals surface area contributed by atoms with Crippen LogP contribution in [0.15, 0.2) is 28.1 Å². The predicted molar refractivity (Wildman–Crippen MR) is 92.9 cm³/mol. The molecule has 0 amide bonds. The smallest absolute Gasteiger partial charge is 0.0979 e. The summed E-state index contributed by atoms with van der Waals surface area (Å²) < 4.78 is 0.252. The van der Waals surface area contributed by atoms with Crippen LogP contribution in [0.25, 0.3) is 0 Å². The average Bonchev–Trinajstić information content (AvgIpc) is 2.93. The van der Waals surface area contributed by atoms with Gasteiger partial charge >= 0.3 is 0 Å². The first-order valence-electron chi connectivity index (χ1n) is 7.90. The molecule has 4 heteroatoms. The Morgan fingerprint density at radius 1 is 1.43 bits per heavy atom. The number of aliphatic imine (C=N–C) groups is 1. The summed E-state index contributed by atoms with van der Waals surface area (Å²) in [4.78, 5) is 8.48. The van der Waals surface area contributed by atoms with Gasteiger partial charge in [-0.1, -0.05) is 19.4 Å². The fourth-order valence-corrected chi connectivity index (χ4v) is 5.13. The number of anilines is 1. The average molecular weight is 303 g/mol. The Balaban J connectivity index is 1.89. The Hall–Kier alpha value is -1.16. The lowest BCUT2D eigenvalue weighted by Gasteiger charge is -2.43. The molecule has 2 aliphatic heterocycles. The standard InChI is InChI=1S/C17H25N3S/c1-4-7-17(11-16-18-8-9-19-16)12-20(3)14-10-13(2)5-6-15(14)21-17/h5-6,10H,4,7-9,11-12H2,1-3H3,(H,18,19). The number of hydrogen-bond donors (Lipinski definition) is 1. The first-order valence-corrected chi connectivity index (χ1v) is 8.71. The molecule has 0 bridgehead atoms. The summed E-state index contributed by atoms with van der Waals surface area (Å²) in [5, 5.41) is 3.45. The molecule has 3 rings (SSSR count). The second-order valence-corrected chi connectivity index (χ2v) is 7.80. The minimum atomic E-state index is 0.252. The monoisotopic (exact) mass is 303 g/mol. The third kappa shape index (κ3) is 3.05. The van der Waals surface area contributed by atoms with Crippen molar-refractivity contribution in [2.75, 3.05) is 31.6 Å². The predicted octanol–water partition coefficient (Wildman–Crippen LogP) is 3.47. The number of nitrogens with zero attached hydrogens (tertiary/aromatic N) is 2. The van der Waals surface area contributed by atoms with Crippen molar-refractivity contribution in [1.82, 2.24) is 5.32 Å². The van der Waals surface area contributed by atoms with E-state index in [2.05, 4.69) is 66.1 Å². The van der Waals surface area contributed by atoms with Crippen molar-refractivity contribution < 1.29 is 0 Å². The van der Waals surface area contributed by atoms with Gasteiger partial charge in [-0.05, 0) is 31.0 Å². The van der Waals surface area contributed by atoms with Gasteiger partial charge < -0.3 is 10.2 Å². The van der Waals surface area contributed by atoms with E-state index >= 15 is 0 Å². The number of amidine groups is 1. The highest BCUT2D eigenvalue weighted by Crippen LogP contribution is 2.48. The van der Waals surface area contributed by atoms with Crippen molar-refractivity contribution in [2.45, 2.75) is 42.8 Å². The van der Waals surface area contributed by atoms with Crippen LogP contribution in [0, 0.1) is 6.92 Å². The lowest BCUT2D eigenvalue weighted by Crippen LogP contribution is -2.45. The highest BCUT2D eigenvalue weighted by molar-refractivity contribution is 8.01. The fourth-order valence-electron chi connectivity index (χ4n) is 3.43. The van der Waals surface area contributed by atoms with Crippen molar-refractivity contribution >= 4 is 23.3 Å². The molecule has 0 saturated heterocycles. The van der Waals surface area contributed by atoms with Gasteiger partial charge in [0.25, 0.3) is 0 Å². The molecule has 2 heterocycles. The van der Waals surface area contributed by atoms with Crippen molar-refractivity contribution in [3.8, 4) is 0 Å². The van der Waals surface area contributed by atoms with Gasteiger partial charge in [-0.2, -0.15) is 0 Å². The van der Waals surface area contributed by atoms with Gasteiger partial charge in [0.2, 0.25) is 0 Å². The van der Waals surface area contributed by atoms with Gasteiger partial charge in [0.1, 0.15) is 0 Å². The van der Waals surface area contributed by atoms with E-state index in [1.807, 2.05) is 0 Å². The highest BCUT2D eigenvalue weighted by atomic mass is 32.2. The molecule has 1 aromatic rings. The van der Waals surface area contributed by atoms with E-state index < -0.39 is 0 Å². The Labute approximate surface area is 132 Å². The number of fused-ring (bicyclic) bond motifs is 1. The largest absolute Gasteiger partial charge is 0.372 e. The fraction of sp³-hybridized carbons (Fsp3) is 0.588. The second kappa shape index (κ2) is 5.91. The second-order valence-electron chi connectivity index (χ2n) is 6.29. The lowest BCUT2D eigenvalue weighted by molar-refractivity contribution is 0.535. The molecule has 21 heavy (non-hydrogen) atoms. The van der Waals surface area contributed by atoms with Gasteiger partial charge in [-0.3, -0.25) is 4.99 Å². The molecule has 3 nitrogen and oxygen atoms in total. The summed E-state index contributed by atoms with van der Waals surface area (Å²) >= 11 is 2.07. The van der Waals surface area contributed by atoms with Crippen LogP contribution in [-0.2, 0) is 0 Å². The van der Waals surface area contributed by atoms with Crippen molar-refractivity contribution in [1.29, 1.82) is 0 Å². The Kier molecular flexibility index (Phi) is 4.16. The molecule has 0 aromatic heterocycles. The first kappa shape index (κ1) is 14.8. The molecular formula is C17H25N3S. The van der Waals surface area contributed by atoms with E-state index in [1.165, 1.54) is 34.8 Å². The summed E-state index contributed by atoms with van der Waals surface area (Å²) in [6, 6.07) is 6.83. The Morgan fingerprint density at radius 2 is 2.29 bits per heavy atom. The molecule has 0 radical (unpaired) electrons. The van der Waals surface area contributed by atoms with E-state index in [9.17, 15) is 0 Å². The van der Waals surface area contributed by atoms with E-state index in [-0.39, 0.29) is 4.75 Å². The summed E-state index contributed by atoms with van der Waals surface area (Å²) in [6.45, 7) is 7.50. The minimum Gasteiger partial charge on any atom is -0.372 e. The number of benzene rings is 1. The van der Waals surface area contributed by atoms with Crippen molar-refractivity contribution in [3.63, 3.8) is 0 Å². The lowest BCUT2D eigenvalue weighted by atomic mass is 9.96. The van der Waals surface area contributed by atoms with Gasteiger partial charge in [0.05, 0.1) is 18.1 Å². The van der Waals surface area contributed by atoms with Crippen molar-refractivity contribution in [3.05, 3.63) is 23.8 Å². The van der Waals surface area contributed by atoms with Crippen LogP contribution >= 0.6 is 11.8 Å². The first-order chi connectivity index (χ1) is 10.1. The van der Waals surface area contributed by atoms with E-state index in [0.29, 0.717) is 0 Å². The number of aryl methyl sites for hydroxylation is 1. The van der Waals surface area contributed by atoms with Crippen LogP contribution in [0.2, 0.25) is 0 Å². The van der Waals surface area contributed by atoms with Crippen LogP contribution in [0.3, 0.4) is 0 Å². The molecule has 0 saturated carbocycles. The molecular weight excluding hydrogens is 278 g/mol. The maximum atomic E-state index is 4.63. The van der Waals surface area contributed by atoms with Gasteiger partial charge in [-0.15, -0.1) is 11.8 Å². The Bertz CT molecular complexity index is 555. The summed E-state index contributed by atoms with van der Waals surface area (Å²) in [7, 11) is 2.23. The van der Waals surface area contributed by atoms with Crippen LogP contribution in [0.5, 0.6) is 0 Å². The third-order valence-electron chi connectivity index (χ3n) is 4.32. The molecule has 0 spiro atoms. The van der Waals surface area contributed by atoms with Crippen molar-refractivity contribution in [2.24, 2.45) is 4.99 Å². The third-order valence-corrected chi connectivity index (χ3v) is 5.79.